The quantitative estimate of drug-likeness (QED) is 0.740. The van der Waals surface area contributed by atoms with E-state index in [2.05, 4.69) is 35.0 Å². The fraction of sp³-hybridized carbons (Fsp3) is 0.455. The van der Waals surface area contributed by atoms with E-state index < -0.39 is 0 Å². The zero-order chi connectivity index (χ0) is 9.42. The van der Waals surface area contributed by atoms with Gasteiger partial charge in [-0.3, -0.25) is 0 Å². The van der Waals surface area contributed by atoms with Crippen LogP contribution in [0.25, 0.3) is 0 Å². The van der Waals surface area contributed by atoms with Crippen molar-refractivity contribution in [1.82, 2.24) is 0 Å². The maximum Gasteiger partial charge on any atom is 0.0309 e. The number of benzene rings is 1. The number of hydrogen-bond acceptors (Lipinski definition) is 1. The summed E-state index contributed by atoms with van der Waals surface area (Å²) in [6, 6.07) is 4.51. The zero-order valence-electron chi connectivity index (χ0n) is 7.81. The van der Waals surface area contributed by atoms with E-state index in [1.807, 2.05) is 0 Å². The lowest BCUT2D eigenvalue weighted by molar-refractivity contribution is 0.566. The van der Waals surface area contributed by atoms with Crippen LogP contribution in [0, 0.1) is 6.92 Å². The van der Waals surface area contributed by atoms with E-state index in [1.165, 1.54) is 34.0 Å². The summed E-state index contributed by atoms with van der Waals surface area (Å²) < 4.78 is 1.18. The Morgan fingerprint density at radius 3 is 2.92 bits per heavy atom. The van der Waals surface area contributed by atoms with E-state index in [-0.39, 0.29) is 6.04 Å². The van der Waals surface area contributed by atoms with Crippen LogP contribution in [-0.2, 0) is 6.42 Å². The number of hydrogen-bond donors (Lipinski definition) is 1. The molecule has 1 atom stereocenters. The first-order valence-corrected chi connectivity index (χ1v) is 5.53. The highest BCUT2D eigenvalue weighted by atomic mass is 79.9. The molecular formula is C11H14BrN. The molecule has 2 heteroatoms. The summed E-state index contributed by atoms with van der Waals surface area (Å²) in [6.07, 6.45) is 3.54. The van der Waals surface area contributed by atoms with Gasteiger partial charge >= 0.3 is 0 Å². The lowest BCUT2D eigenvalue weighted by Crippen LogP contribution is -2.18. The first-order valence-electron chi connectivity index (χ1n) is 4.73. The molecule has 0 spiro atoms. The minimum Gasteiger partial charge on any atom is -0.324 e. The van der Waals surface area contributed by atoms with Crippen molar-refractivity contribution in [2.45, 2.75) is 32.2 Å². The molecule has 1 nitrogen and oxygen atoms in total. The molecule has 0 heterocycles. The van der Waals surface area contributed by atoms with Crippen molar-refractivity contribution in [3.8, 4) is 0 Å². The lowest BCUT2D eigenvalue weighted by Gasteiger charge is -2.25. The van der Waals surface area contributed by atoms with Gasteiger partial charge in [0.15, 0.2) is 0 Å². The lowest BCUT2D eigenvalue weighted by atomic mass is 9.86. The Hall–Kier alpha value is -0.340. The molecule has 0 radical (unpaired) electrons. The Morgan fingerprint density at radius 2 is 2.23 bits per heavy atom. The van der Waals surface area contributed by atoms with E-state index in [4.69, 9.17) is 5.73 Å². The molecule has 0 saturated carbocycles. The largest absolute Gasteiger partial charge is 0.324 e. The highest BCUT2D eigenvalue weighted by molar-refractivity contribution is 9.10. The van der Waals surface area contributed by atoms with Crippen molar-refractivity contribution in [1.29, 1.82) is 0 Å². The van der Waals surface area contributed by atoms with Gasteiger partial charge in [0.1, 0.15) is 0 Å². The van der Waals surface area contributed by atoms with Gasteiger partial charge in [0.05, 0.1) is 0 Å². The second kappa shape index (κ2) is 3.43. The highest BCUT2D eigenvalue weighted by Crippen LogP contribution is 2.35. The Balaban J connectivity index is 2.60. The fourth-order valence-electron chi connectivity index (χ4n) is 2.12. The molecule has 0 saturated heterocycles. The van der Waals surface area contributed by atoms with E-state index >= 15 is 0 Å². The van der Waals surface area contributed by atoms with Gasteiger partial charge in [-0.25, -0.2) is 0 Å². The molecule has 2 N–H and O–H groups in total. The van der Waals surface area contributed by atoms with Crippen molar-refractivity contribution in [2.24, 2.45) is 5.73 Å². The normalized spacial score (nSPS) is 21.3. The fourth-order valence-corrected chi connectivity index (χ4v) is 2.79. The van der Waals surface area contributed by atoms with Crippen LogP contribution in [-0.4, -0.2) is 0 Å². The summed E-state index contributed by atoms with van der Waals surface area (Å²) in [6.45, 7) is 2.17. The summed E-state index contributed by atoms with van der Waals surface area (Å²) in [5.74, 6) is 0. The van der Waals surface area contributed by atoms with Crippen LogP contribution >= 0.6 is 15.9 Å². The van der Waals surface area contributed by atoms with Crippen molar-refractivity contribution in [2.75, 3.05) is 0 Å². The zero-order valence-corrected chi connectivity index (χ0v) is 9.39. The SMILES string of the molecule is Cc1ccc(Br)c2c1CCC[C@@H]2N. The molecule has 0 unspecified atom stereocenters. The molecule has 1 aliphatic rings. The Labute approximate surface area is 87.5 Å². The minimum absolute atomic E-state index is 0.234. The predicted octanol–water partition coefficient (Wildman–Crippen LogP) is 3.09. The number of halogens is 1. The third-order valence-corrected chi connectivity index (χ3v) is 3.54. The minimum atomic E-state index is 0.234. The summed E-state index contributed by atoms with van der Waals surface area (Å²) >= 11 is 3.58. The van der Waals surface area contributed by atoms with Crippen LogP contribution in [0.5, 0.6) is 0 Å². The average Bonchev–Trinajstić information content (AvgIpc) is 2.12. The van der Waals surface area contributed by atoms with E-state index in [9.17, 15) is 0 Å². The Kier molecular flexibility index (Phi) is 2.43. The first kappa shape index (κ1) is 9.22. The summed E-state index contributed by atoms with van der Waals surface area (Å²) in [7, 11) is 0. The van der Waals surface area contributed by atoms with Gasteiger partial charge in [-0.15, -0.1) is 0 Å². The smallest absolute Gasteiger partial charge is 0.0309 e. The van der Waals surface area contributed by atoms with Gasteiger partial charge in [-0.2, -0.15) is 0 Å². The molecular weight excluding hydrogens is 226 g/mol. The van der Waals surface area contributed by atoms with E-state index in [1.54, 1.807) is 0 Å². The Morgan fingerprint density at radius 1 is 1.46 bits per heavy atom. The van der Waals surface area contributed by atoms with Crippen LogP contribution in [0.3, 0.4) is 0 Å². The third kappa shape index (κ3) is 1.53. The summed E-state index contributed by atoms with van der Waals surface area (Å²) in [5.41, 5.74) is 10.3. The Bertz CT molecular complexity index is 333. The van der Waals surface area contributed by atoms with Crippen LogP contribution < -0.4 is 5.73 Å². The monoisotopic (exact) mass is 239 g/mol. The molecule has 0 aromatic heterocycles. The molecule has 0 fully saturated rings. The summed E-state index contributed by atoms with van der Waals surface area (Å²) in [5, 5.41) is 0. The van der Waals surface area contributed by atoms with Crippen molar-refractivity contribution >= 4 is 15.9 Å². The first-order chi connectivity index (χ1) is 6.20. The second-order valence-electron chi connectivity index (χ2n) is 3.76. The standard InChI is InChI=1S/C11H14BrN/c1-7-5-6-9(12)11-8(7)3-2-4-10(11)13/h5-6,10H,2-4,13H2,1H3/t10-/m0/s1. The molecule has 0 aliphatic heterocycles. The molecule has 0 amide bonds. The van der Waals surface area contributed by atoms with Gasteiger partial charge in [-0.1, -0.05) is 22.0 Å². The maximum atomic E-state index is 6.09. The van der Waals surface area contributed by atoms with Gasteiger partial charge in [0.25, 0.3) is 0 Å². The van der Waals surface area contributed by atoms with E-state index in [0.29, 0.717) is 0 Å². The maximum absolute atomic E-state index is 6.09. The number of fused-ring (bicyclic) bond motifs is 1. The molecule has 1 aromatic carbocycles. The van der Waals surface area contributed by atoms with Crippen LogP contribution in [0.2, 0.25) is 0 Å². The predicted molar refractivity (Wildman–Crippen MR) is 58.7 cm³/mol. The van der Waals surface area contributed by atoms with Crippen molar-refractivity contribution in [3.05, 3.63) is 33.3 Å². The highest BCUT2D eigenvalue weighted by Gasteiger charge is 2.20. The molecule has 0 bridgehead atoms. The van der Waals surface area contributed by atoms with Crippen molar-refractivity contribution in [3.63, 3.8) is 0 Å². The van der Waals surface area contributed by atoms with E-state index in [0.717, 1.165) is 6.42 Å². The van der Waals surface area contributed by atoms with Crippen LogP contribution in [0.1, 0.15) is 35.6 Å². The molecule has 1 aromatic rings. The number of nitrogens with two attached hydrogens (primary N) is 1. The molecule has 2 rings (SSSR count). The van der Waals surface area contributed by atoms with Crippen molar-refractivity contribution < 1.29 is 0 Å². The van der Waals surface area contributed by atoms with Gasteiger partial charge < -0.3 is 5.73 Å². The summed E-state index contributed by atoms with van der Waals surface area (Å²) in [4.78, 5) is 0. The third-order valence-electron chi connectivity index (χ3n) is 2.85. The van der Waals surface area contributed by atoms with Crippen LogP contribution in [0.15, 0.2) is 16.6 Å². The topological polar surface area (TPSA) is 26.0 Å². The molecule has 1 aliphatic carbocycles. The average molecular weight is 240 g/mol. The second-order valence-corrected chi connectivity index (χ2v) is 4.61. The number of rotatable bonds is 0. The van der Waals surface area contributed by atoms with Gasteiger partial charge in [-0.05, 0) is 48.9 Å². The van der Waals surface area contributed by atoms with Crippen LogP contribution in [0.4, 0.5) is 0 Å². The van der Waals surface area contributed by atoms with Gasteiger partial charge in [0.2, 0.25) is 0 Å². The molecule has 13 heavy (non-hydrogen) atoms. The van der Waals surface area contributed by atoms with Gasteiger partial charge in [0, 0.05) is 10.5 Å². The number of aryl methyl sites for hydroxylation is 1. The molecule has 70 valence electrons.